The number of allylic oxidation sites excluding steroid dienone is 1. The van der Waals surface area contributed by atoms with Crippen LogP contribution in [0.1, 0.15) is 28.7 Å². The molecule has 0 radical (unpaired) electrons. The third-order valence-corrected chi connectivity index (χ3v) is 9.22. The monoisotopic (exact) mass is 654 g/mol. The van der Waals surface area contributed by atoms with Gasteiger partial charge in [-0.1, -0.05) is 127 Å². The maximum atomic E-state index is 13.3. The Morgan fingerprint density at radius 1 is 0.660 bits per heavy atom. The summed E-state index contributed by atoms with van der Waals surface area (Å²) in [5, 5.41) is 0. The molecule has 7 nitrogen and oxygen atoms in total. The average Bonchev–Trinajstić information content (AvgIpc) is 3.10. The zero-order valence-electron chi connectivity index (χ0n) is 26.5. The Morgan fingerprint density at radius 3 is 1.68 bits per heavy atom. The summed E-state index contributed by atoms with van der Waals surface area (Å²) < 4.78 is 59.1. The van der Waals surface area contributed by atoms with Gasteiger partial charge in [-0.15, -0.1) is 6.58 Å². The van der Waals surface area contributed by atoms with E-state index in [1.165, 1.54) is 0 Å². The van der Waals surface area contributed by atoms with E-state index in [9.17, 15) is 8.42 Å². The lowest BCUT2D eigenvalue weighted by atomic mass is 10.0. The van der Waals surface area contributed by atoms with Gasteiger partial charge in [0, 0.05) is 0 Å². The van der Waals surface area contributed by atoms with Gasteiger partial charge in [-0.05, 0) is 28.7 Å². The van der Waals surface area contributed by atoms with Crippen LogP contribution in [0.3, 0.4) is 0 Å². The molecule has 3 atom stereocenters. The van der Waals surface area contributed by atoms with Crippen molar-refractivity contribution in [3.05, 3.63) is 168 Å². The van der Waals surface area contributed by atoms with Gasteiger partial charge in [0.25, 0.3) is 0 Å². The van der Waals surface area contributed by atoms with Gasteiger partial charge < -0.3 is 23.7 Å². The normalized spacial score (nSPS) is 18.0. The molecule has 246 valence electrons. The summed E-state index contributed by atoms with van der Waals surface area (Å²) in [4.78, 5) is 0. The molecule has 4 aromatic rings. The summed E-state index contributed by atoms with van der Waals surface area (Å²) in [6.45, 7) is 4.93. The minimum Gasteiger partial charge on any atom is -0.487 e. The van der Waals surface area contributed by atoms with Crippen molar-refractivity contribution in [1.82, 2.24) is 0 Å². The summed E-state index contributed by atoms with van der Waals surface area (Å²) >= 11 is 0. The Labute approximate surface area is 278 Å². The highest BCUT2D eigenvalue weighted by molar-refractivity contribution is 7.91. The second-order valence-corrected chi connectivity index (χ2v) is 13.6. The molecular formula is C39H42O7S. The molecule has 47 heavy (non-hydrogen) atoms. The quantitative estimate of drug-likeness (QED) is 0.105. The van der Waals surface area contributed by atoms with Crippen LogP contribution in [0.2, 0.25) is 0 Å². The summed E-state index contributed by atoms with van der Waals surface area (Å²) in [6.07, 6.45) is -0.223. The fourth-order valence-corrected chi connectivity index (χ4v) is 6.52. The molecule has 0 N–H and O–H groups in total. The molecule has 1 aliphatic heterocycles. The molecule has 0 amide bonds. The maximum absolute atomic E-state index is 13.3. The van der Waals surface area contributed by atoms with E-state index in [0.29, 0.717) is 18.8 Å². The Kier molecular flexibility index (Phi) is 12.8. The standard InChI is InChI=1S/C39H42O7S/c1-2-3-24-47(40,41)30-36-38(44-27-33-20-12-6-13-21-33)39(45-28-34-22-14-7-15-23-34)37(43-26-32-18-10-5-11-19-32)35(46-36)29-42-25-31-16-8-4-9-17-31/h2,4-23,35,37,39H,1,3,24-30H2/t35-,37-,39+/m1/s1. The molecule has 0 aromatic heterocycles. The molecule has 5 rings (SSSR count). The lowest BCUT2D eigenvalue weighted by Crippen LogP contribution is -2.50. The Hall–Kier alpha value is -4.21. The van der Waals surface area contributed by atoms with Crippen LogP contribution in [0.15, 0.2) is 146 Å². The van der Waals surface area contributed by atoms with Gasteiger partial charge in [-0.2, -0.15) is 0 Å². The van der Waals surface area contributed by atoms with Gasteiger partial charge in [0.1, 0.15) is 24.6 Å². The minimum absolute atomic E-state index is 0.0615. The van der Waals surface area contributed by atoms with Crippen LogP contribution < -0.4 is 0 Å². The molecule has 8 heteroatoms. The average molecular weight is 655 g/mol. The summed E-state index contributed by atoms with van der Waals surface area (Å²) in [7, 11) is -3.58. The molecule has 0 fully saturated rings. The van der Waals surface area contributed by atoms with E-state index in [0.717, 1.165) is 22.3 Å². The Balaban J connectivity index is 1.51. The minimum atomic E-state index is -3.58. The highest BCUT2D eigenvalue weighted by Gasteiger charge is 2.44. The van der Waals surface area contributed by atoms with Crippen molar-refractivity contribution < 1.29 is 32.1 Å². The van der Waals surface area contributed by atoms with Crippen molar-refractivity contribution in [3.8, 4) is 0 Å². The molecule has 0 unspecified atom stereocenters. The molecule has 0 saturated heterocycles. The van der Waals surface area contributed by atoms with E-state index in [-0.39, 0.29) is 43.7 Å². The van der Waals surface area contributed by atoms with Crippen LogP contribution in [-0.4, -0.2) is 44.8 Å². The van der Waals surface area contributed by atoms with Crippen molar-refractivity contribution in [3.63, 3.8) is 0 Å². The van der Waals surface area contributed by atoms with Crippen molar-refractivity contribution in [2.45, 2.75) is 51.2 Å². The van der Waals surface area contributed by atoms with E-state index < -0.39 is 28.1 Å². The van der Waals surface area contributed by atoms with Crippen molar-refractivity contribution in [2.24, 2.45) is 0 Å². The van der Waals surface area contributed by atoms with Crippen molar-refractivity contribution in [1.29, 1.82) is 0 Å². The highest BCUT2D eigenvalue weighted by atomic mass is 32.2. The topological polar surface area (TPSA) is 80.3 Å². The van der Waals surface area contributed by atoms with Crippen LogP contribution in [0, 0.1) is 0 Å². The first-order valence-corrected chi connectivity index (χ1v) is 17.6. The van der Waals surface area contributed by atoms with Gasteiger partial charge in [0.05, 0.1) is 32.2 Å². The molecule has 0 aliphatic carbocycles. The van der Waals surface area contributed by atoms with E-state index in [1.807, 2.05) is 121 Å². The Morgan fingerprint density at radius 2 is 1.15 bits per heavy atom. The second-order valence-electron chi connectivity index (χ2n) is 11.4. The van der Waals surface area contributed by atoms with Crippen LogP contribution in [0.5, 0.6) is 0 Å². The summed E-state index contributed by atoms with van der Waals surface area (Å²) in [5.74, 6) is 0.102. The first kappa shape index (κ1) is 34.1. The molecule has 1 heterocycles. The number of ether oxygens (including phenoxy) is 5. The SMILES string of the molecule is C=CCCS(=O)(=O)CC1=C(OCc2ccccc2)[C@@H](OCc2ccccc2)[C@H](OCc2ccccc2)[C@@H](COCc2ccccc2)O1. The van der Waals surface area contributed by atoms with Crippen molar-refractivity contribution >= 4 is 9.84 Å². The van der Waals surface area contributed by atoms with E-state index in [2.05, 4.69) is 6.58 Å². The Bertz CT molecular complexity index is 1640. The number of hydrogen-bond donors (Lipinski definition) is 0. The molecular weight excluding hydrogens is 612 g/mol. The van der Waals surface area contributed by atoms with Gasteiger partial charge >= 0.3 is 0 Å². The van der Waals surface area contributed by atoms with Crippen LogP contribution in [0.25, 0.3) is 0 Å². The van der Waals surface area contributed by atoms with Gasteiger partial charge in [-0.3, -0.25) is 0 Å². The smallest absolute Gasteiger partial charge is 0.167 e. The van der Waals surface area contributed by atoms with Crippen LogP contribution in [0.4, 0.5) is 0 Å². The zero-order chi connectivity index (χ0) is 32.7. The largest absolute Gasteiger partial charge is 0.487 e. The van der Waals surface area contributed by atoms with E-state index >= 15 is 0 Å². The lowest BCUT2D eigenvalue weighted by molar-refractivity contribution is -0.173. The van der Waals surface area contributed by atoms with E-state index in [1.54, 1.807) is 6.08 Å². The second kappa shape index (κ2) is 17.6. The highest BCUT2D eigenvalue weighted by Crippen LogP contribution is 2.33. The fourth-order valence-electron chi connectivity index (χ4n) is 5.24. The third-order valence-electron chi connectivity index (χ3n) is 7.66. The molecule has 0 spiro atoms. The number of benzene rings is 4. The predicted octanol–water partition coefficient (Wildman–Crippen LogP) is 7.19. The van der Waals surface area contributed by atoms with Crippen molar-refractivity contribution in [2.75, 3.05) is 18.1 Å². The molecule has 0 bridgehead atoms. The molecule has 0 saturated carbocycles. The third kappa shape index (κ3) is 10.7. The lowest BCUT2D eigenvalue weighted by Gasteiger charge is -2.40. The number of sulfone groups is 1. The first-order chi connectivity index (χ1) is 23.0. The van der Waals surface area contributed by atoms with Gasteiger partial charge in [-0.25, -0.2) is 8.42 Å². The number of hydrogen-bond acceptors (Lipinski definition) is 7. The van der Waals surface area contributed by atoms with Gasteiger partial charge in [0.2, 0.25) is 0 Å². The van der Waals surface area contributed by atoms with Gasteiger partial charge in [0.15, 0.2) is 27.5 Å². The molecule has 1 aliphatic rings. The van der Waals surface area contributed by atoms with Crippen LogP contribution in [-0.2, 0) is 59.9 Å². The molecule has 4 aromatic carbocycles. The predicted molar refractivity (Wildman–Crippen MR) is 183 cm³/mol. The zero-order valence-corrected chi connectivity index (χ0v) is 27.3. The van der Waals surface area contributed by atoms with Crippen LogP contribution >= 0.6 is 0 Å². The van der Waals surface area contributed by atoms with E-state index in [4.69, 9.17) is 23.7 Å². The maximum Gasteiger partial charge on any atom is 0.167 e. The summed E-state index contributed by atoms with van der Waals surface area (Å²) in [5.41, 5.74) is 3.87. The summed E-state index contributed by atoms with van der Waals surface area (Å²) in [6, 6.07) is 39.2. The fraction of sp³-hybridized carbons (Fsp3) is 0.282. The first-order valence-electron chi connectivity index (χ1n) is 15.8. The number of rotatable bonds is 18.